The average Bonchev–Trinajstić information content (AvgIpc) is 3.23. The molecule has 0 bridgehead atoms. The second-order valence-electron chi connectivity index (χ2n) is 5.66. The molecule has 9 heteroatoms. The first-order chi connectivity index (χ1) is 13.0. The largest absolute Gasteiger partial charge is 0.321 e. The van der Waals surface area contributed by atoms with Crippen molar-refractivity contribution in [2.24, 2.45) is 0 Å². The molecule has 1 amide bonds. The Morgan fingerprint density at radius 1 is 1.15 bits per heavy atom. The van der Waals surface area contributed by atoms with Crippen molar-refractivity contribution >= 4 is 33.6 Å². The first-order valence-corrected chi connectivity index (χ1v) is 8.67. The number of anilines is 1. The van der Waals surface area contributed by atoms with Gasteiger partial charge in [-0.3, -0.25) is 19.3 Å². The van der Waals surface area contributed by atoms with E-state index in [9.17, 15) is 19.3 Å². The predicted molar refractivity (Wildman–Crippen MR) is 99.5 cm³/mol. The molecule has 0 saturated carbocycles. The van der Waals surface area contributed by atoms with E-state index in [1.54, 1.807) is 28.1 Å². The SMILES string of the molecule is O=C(Nc1ccc([N+](=O)[O-])cc1)c1csc2nc(-c3ccc(F)cc3)cn12. The lowest BCUT2D eigenvalue weighted by atomic mass is 10.2. The number of hydrogen-bond donors (Lipinski definition) is 1. The number of imidazole rings is 1. The van der Waals surface area contributed by atoms with Gasteiger partial charge in [-0.1, -0.05) is 0 Å². The highest BCUT2D eigenvalue weighted by Crippen LogP contribution is 2.24. The Balaban J connectivity index is 1.60. The van der Waals surface area contributed by atoms with Gasteiger partial charge in [0.25, 0.3) is 11.6 Å². The van der Waals surface area contributed by atoms with Gasteiger partial charge in [0.15, 0.2) is 4.96 Å². The van der Waals surface area contributed by atoms with Crippen molar-refractivity contribution in [1.82, 2.24) is 9.38 Å². The third-order valence-corrected chi connectivity index (χ3v) is 4.76. The third-order valence-electron chi connectivity index (χ3n) is 3.92. The molecule has 2 aromatic heterocycles. The fourth-order valence-electron chi connectivity index (χ4n) is 2.57. The zero-order valence-corrected chi connectivity index (χ0v) is 14.4. The molecule has 0 saturated heterocycles. The molecule has 0 aliphatic heterocycles. The van der Waals surface area contributed by atoms with Crippen LogP contribution in [0.5, 0.6) is 0 Å². The molecule has 0 aliphatic carbocycles. The minimum atomic E-state index is -0.503. The number of carbonyl (C=O) groups excluding carboxylic acids is 1. The number of rotatable bonds is 4. The molecular formula is C18H11FN4O3S. The quantitative estimate of drug-likeness (QED) is 0.419. The molecule has 0 fully saturated rings. The maximum Gasteiger partial charge on any atom is 0.273 e. The van der Waals surface area contributed by atoms with Gasteiger partial charge in [-0.2, -0.15) is 0 Å². The number of thiazole rings is 1. The van der Waals surface area contributed by atoms with Crippen LogP contribution in [0.2, 0.25) is 0 Å². The van der Waals surface area contributed by atoms with Crippen molar-refractivity contribution in [1.29, 1.82) is 0 Å². The van der Waals surface area contributed by atoms with Crippen molar-refractivity contribution in [3.63, 3.8) is 0 Å². The Bertz CT molecular complexity index is 1150. The number of nitrogens with one attached hydrogen (secondary N) is 1. The van der Waals surface area contributed by atoms with E-state index in [1.165, 1.54) is 47.7 Å². The van der Waals surface area contributed by atoms with Crippen LogP contribution in [-0.4, -0.2) is 20.2 Å². The normalized spacial score (nSPS) is 10.9. The number of fused-ring (bicyclic) bond motifs is 1. The van der Waals surface area contributed by atoms with Gasteiger partial charge < -0.3 is 5.32 Å². The maximum absolute atomic E-state index is 13.1. The van der Waals surface area contributed by atoms with Crippen LogP contribution >= 0.6 is 11.3 Å². The van der Waals surface area contributed by atoms with Crippen LogP contribution in [0, 0.1) is 15.9 Å². The highest BCUT2D eigenvalue weighted by atomic mass is 32.1. The number of aromatic nitrogens is 2. The van der Waals surface area contributed by atoms with Gasteiger partial charge >= 0.3 is 0 Å². The van der Waals surface area contributed by atoms with Crippen molar-refractivity contribution < 1.29 is 14.1 Å². The van der Waals surface area contributed by atoms with Crippen molar-refractivity contribution in [3.05, 3.63) is 81.7 Å². The molecule has 0 unspecified atom stereocenters. The van der Waals surface area contributed by atoms with Crippen LogP contribution in [0.4, 0.5) is 15.8 Å². The summed E-state index contributed by atoms with van der Waals surface area (Å²) in [7, 11) is 0. The Morgan fingerprint density at radius 2 is 1.85 bits per heavy atom. The number of non-ortho nitro benzene ring substituents is 1. The number of benzene rings is 2. The lowest BCUT2D eigenvalue weighted by Crippen LogP contribution is -2.13. The molecule has 0 aliphatic rings. The summed E-state index contributed by atoms with van der Waals surface area (Å²) in [6.07, 6.45) is 1.71. The maximum atomic E-state index is 13.1. The lowest BCUT2D eigenvalue weighted by molar-refractivity contribution is -0.384. The molecule has 4 rings (SSSR count). The summed E-state index contributed by atoms with van der Waals surface area (Å²) in [5.41, 5.74) is 2.16. The number of nitro benzene ring substituents is 1. The summed E-state index contributed by atoms with van der Waals surface area (Å²) in [5.74, 6) is -0.693. The molecule has 2 aromatic carbocycles. The smallest absolute Gasteiger partial charge is 0.273 e. The van der Waals surface area contributed by atoms with Crippen molar-refractivity contribution in [2.75, 3.05) is 5.32 Å². The molecule has 134 valence electrons. The van der Waals surface area contributed by atoms with Crippen molar-refractivity contribution in [2.45, 2.75) is 0 Å². The van der Waals surface area contributed by atoms with Crippen LogP contribution in [-0.2, 0) is 0 Å². The molecule has 1 N–H and O–H groups in total. The number of nitro groups is 1. The summed E-state index contributed by atoms with van der Waals surface area (Å²) >= 11 is 1.31. The molecule has 0 radical (unpaired) electrons. The fourth-order valence-corrected chi connectivity index (χ4v) is 3.42. The molecular weight excluding hydrogens is 371 g/mol. The van der Waals surface area contributed by atoms with E-state index in [4.69, 9.17) is 0 Å². The van der Waals surface area contributed by atoms with Gasteiger partial charge in [0.05, 0.1) is 10.6 Å². The Kier molecular flexibility index (Phi) is 4.13. The summed E-state index contributed by atoms with van der Waals surface area (Å²) in [6.45, 7) is 0. The molecule has 2 heterocycles. The van der Waals surface area contributed by atoms with E-state index in [0.717, 1.165) is 5.56 Å². The Morgan fingerprint density at radius 3 is 2.52 bits per heavy atom. The van der Waals surface area contributed by atoms with Crippen molar-refractivity contribution in [3.8, 4) is 11.3 Å². The summed E-state index contributed by atoms with van der Waals surface area (Å²) in [4.78, 5) is 27.8. The van der Waals surface area contributed by atoms with Crippen LogP contribution in [0.3, 0.4) is 0 Å². The molecule has 0 atom stereocenters. The van der Waals surface area contributed by atoms with E-state index >= 15 is 0 Å². The molecule has 4 aromatic rings. The highest BCUT2D eigenvalue weighted by Gasteiger charge is 2.16. The Hall–Kier alpha value is -3.59. The number of amides is 1. The van der Waals surface area contributed by atoms with Crippen LogP contribution in [0.25, 0.3) is 16.2 Å². The minimum Gasteiger partial charge on any atom is -0.321 e. The van der Waals surface area contributed by atoms with E-state index in [1.807, 2.05) is 0 Å². The van der Waals surface area contributed by atoms with Gasteiger partial charge in [-0.05, 0) is 36.4 Å². The summed E-state index contributed by atoms with van der Waals surface area (Å²) in [6, 6.07) is 11.5. The van der Waals surface area contributed by atoms with Crippen LogP contribution < -0.4 is 5.32 Å². The predicted octanol–water partition coefficient (Wildman–Crippen LogP) is 4.36. The first kappa shape index (κ1) is 16.9. The number of carbonyl (C=O) groups is 1. The zero-order valence-electron chi connectivity index (χ0n) is 13.6. The Labute approximate surface area is 155 Å². The van der Waals surface area contributed by atoms with Gasteiger partial charge in [-0.15, -0.1) is 11.3 Å². The van der Waals surface area contributed by atoms with E-state index < -0.39 is 4.92 Å². The summed E-state index contributed by atoms with van der Waals surface area (Å²) < 4.78 is 14.7. The first-order valence-electron chi connectivity index (χ1n) is 7.79. The topological polar surface area (TPSA) is 89.5 Å². The van der Waals surface area contributed by atoms with Gasteiger partial charge in [0, 0.05) is 35.0 Å². The standard InChI is InChI=1S/C18H11FN4O3S/c19-12-3-1-11(2-4-12)15-9-22-16(10-27-18(22)21-15)17(24)20-13-5-7-14(8-6-13)23(25)26/h1-10H,(H,20,24). The van der Waals surface area contributed by atoms with Gasteiger partial charge in [0.1, 0.15) is 11.5 Å². The second kappa shape index (κ2) is 6.61. The summed E-state index contributed by atoms with van der Waals surface area (Å²) in [5, 5.41) is 15.1. The fraction of sp³-hybridized carbons (Fsp3) is 0. The van der Waals surface area contributed by atoms with E-state index in [-0.39, 0.29) is 17.4 Å². The van der Waals surface area contributed by atoms with E-state index in [0.29, 0.717) is 22.0 Å². The minimum absolute atomic E-state index is 0.0514. The zero-order chi connectivity index (χ0) is 19.0. The molecule has 27 heavy (non-hydrogen) atoms. The van der Waals surface area contributed by atoms with Crippen LogP contribution in [0.1, 0.15) is 10.5 Å². The highest BCUT2D eigenvalue weighted by molar-refractivity contribution is 7.15. The van der Waals surface area contributed by atoms with Gasteiger partial charge in [-0.25, -0.2) is 9.37 Å². The third kappa shape index (κ3) is 3.27. The molecule has 7 nitrogen and oxygen atoms in total. The van der Waals surface area contributed by atoms with Crippen LogP contribution in [0.15, 0.2) is 60.1 Å². The number of halogens is 1. The van der Waals surface area contributed by atoms with Gasteiger partial charge in [0.2, 0.25) is 0 Å². The molecule has 0 spiro atoms. The number of hydrogen-bond acceptors (Lipinski definition) is 5. The van der Waals surface area contributed by atoms with E-state index in [2.05, 4.69) is 10.3 Å². The second-order valence-corrected chi connectivity index (χ2v) is 6.50. The monoisotopic (exact) mass is 382 g/mol. The number of nitrogens with zero attached hydrogens (tertiary/aromatic N) is 3. The average molecular weight is 382 g/mol. The lowest BCUT2D eigenvalue weighted by Gasteiger charge is -2.04.